The molecule has 0 spiro atoms. The Morgan fingerprint density at radius 3 is 2.85 bits per heavy atom. The third-order valence-corrected chi connectivity index (χ3v) is 4.35. The van der Waals surface area contributed by atoms with Crippen molar-refractivity contribution in [3.8, 4) is 11.4 Å². The molecule has 1 aliphatic carbocycles. The molecule has 1 aliphatic rings. The Balaban J connectivity index is 1.54. The van der Waals surface area contributed by atoms with Gasteiger partial charge in [0.05, 0.1) is 0 Å². The summed E-state index contributed by atoms with van der Waals surface area (Å²) in [6, 6.07) is 3.65. The minimum Gasteiger partial charge on any atom is -0.480 e. The number of carbonyl (C=O) groups is 2. The van der Waals surface area contributed by atoms with E-state index in [1.165, 1.54) is 6.07 Å². The number of carboxylic acid groups (broad SMARTS) is 1. The minimum atomic E-state index is -1.02. The number of aliphatic carboxylic acids is 1. The lowest BCUT2D eigenvalue weighted by atomic mass is 10.1. The lowest BCUT2D eigenvalue weighted by Gasteiger charge is -2.13. The highest BCUT2D eigenvalue weighted by Crippen LogP contribution is 2.33. The van der Waals surface area contributed by atoms with E-state index in [0.29, 0.717) is 29.3 Å². The van der Waals surface area contributed by atoms with E-state index in [2.05, 4.69) is 15.5 Å². The van der Waals surface area contributed by atoms with Crippen molar-refractivity contribution in [3.05, 3.63) is 35.5 Å². The molecular weight excluding hydrogens is 341 g/mol. The van der Waals surface area contributed by atoms with Crippen LogP contribution in [0.5, 0.6) is 0 Å². The van der Waals surface area contributed by atoms with Crippen molar-refractivity contribution in [1.29, 1.82) is 0 Å². The van der Waals surface area contributed by atoms with Gasteiger partial charge >= 0.3 is 5.97 Å². The van der Waals surface area contributed by atoms with Gasteiger partial charge in [-0.15, -0.1) is 0 Å². The molecule has 1 unspecified atom stereocenters. The molecule has 1 saturated carbocycles. The number of nitrogens with one attached hydrogen (secondary N) is 1. The summed E-state index contributed by atoms with van der Waals surface area (Å²) in [4.78, 5) is 27.4. The van der Waals surface area contributed by atoms with E-state index < -0.39 is 12.0 Å². The van der Waals surface area contributed by atoms with Crippen LogP contribution < -0.4 is 5.32 Å². The van der Waals surface area contributed by atoms with Crippen LogP contribution in [0.1, 0.15) is 37.1 Å². The van der Waals surface area contributed by atoms with Gasteiger partial charge in [0, 0.05) is 18.4 Å². The van der Waals surface area contributed by atoms with Crippen LogP contribution >= 0.6 is 0 Å². The van der Waals surface area contributed by atoms with Gasteiger partial charge in [-0.3, -0.25) is 4.79 Å². The first-order valence-electron chi connectivity index (χ1n) is 8.53. The van der Waals surface area contributed by atoms with Gasteiger partial charge in [0.1, 0.15) is 11.9 Å². The maximum Gasteiger partial charge on any atom is 0.326 e. The zero-order valence-corrected chi connectivity index (χ0v) is 14.4. The molecule has 1 aromatic carbocycles. The van der Waals surface area contributed by atoms with E-state index in [0.717, 1.165) is 12.8 Å². The predicted molar refractivity (Wildman–Crippen MR) is 89.7 cm³/mol. The Bertz CT molecular complexity index is 817. The molecule has 1 fully saturated rings. The van der Waals surface area contributed by atoms with Crippen LogP contribution in [-0.4, -0.2) is 33.2 Å². The Labute approximate surface area is 149 Å². The minimum absolute atomic E-state index is 0.0541. The first-order valence-corrected chi connectivity index (χ1v) is 8.53. The molecule has 8 heteroatoms. The fourth-order valence-electron chi connectivity index (χ4n) is 2.65. The number of carbonyl (C=O) groups excluding carboxylic acids is 1. The number of carboxylic acids is 1. The molecule has 26 heavy (non-hydrogen) atoms. The van der Waals surface area contributed by atoms with Crippen molar-refractivity contribution >= 4 is 11.9 Å². The fourth-order valence-corrected chi connectivity index (χ4v) is 2.65. The number of rotatable bonds is 8. The van der Waals surface area contributed by atoms with Crippen molar-refractivity contribution in [2.75, 3.05) is 0 Å². The van der Waals surface area contributed by atoms with Crippen molar-refractivity contribution in [2.24, 2.45) is 5.92 Å². The number of hydrogen-bond donors (Lipinski definition) is 2. The van der Waals surface area contributed by atoms with E-state index in [4.69, 9.17) is 4.52 Å². The number of nitrogens with zero attached hydrogens (tertiary/aromatic N) is 2. The molecule has 1 amide bonds. The first kappa shape index (κ1) is 18.0. The van der Waals surface area contributed by atoms with Gasteiger partial charge in [0.2, 0.25) is 17.6 Å². The maximum atomic E-state index is 13.3. The molecule has 2 N–H and O–H groups in total. The number of amides is 1. The summed E-state index contributed by atoms with van der Waals surface area (Å²) in [5.74, 6) is -0.707. The lowest BCUT2D eigenvalue weighted by molar-refractivity contribution is -0.142. The zero-order chi connectivity index (χ0) is 18.7. The van der Waals surface area contributed by atoms with E-state index in [-0.39, 0.29) is 30.5 Å². The van der Waals surface area contributed by atoms with Crippen LogP contribution in [0.4, 0.5) is 4.39 Å². The molecule has 0 aliphatic heterocycles. The monoisotopic (exact) mass is 361 g/mol. The van der Waals surface area contributed by atoms with Crippen molar-refractivity contribution in [2.45, 2.75) is 45.1 Å². The zero-order valence-electron chi connectivity index (χ0n) is 14.4. The highest BCUT2D eigenvalue weighted by molar-refractivity contribution is 5.83. The fraction of sp³-hybridized carbons (Fsp3) is 0.444. The molecule has 1 heterocycles. The van der Waals surface area contributed by atoms with Crippen molar-refractivity contribution in [1.82, 2.24) is 15.5 Å². The van der Waals surface area contributed by atoms with Gasteiger partial charge in [-0.05, 0) is 43.0 Å². The molecule has 0 radical (unpaired) electrons. The third-order valence-electron chi connectivity index (χ3n) is 4.35. The number of aromatic nitrogens is 2. The molecular formula is C18H20FN3O4. The Kier molecular flexibility index (Phi) is 5.29. The van der Waals surface area contributed by atoms with E-state index in [1.807, 2.05) is 0 Å². The second-order valence-corrected chi connectivity index (χ2v) is 6.61. The molecule has 0 bridgehead atoms. The van der Waals surface area contributed by atoms with Gasteiger partial charge in [0.25, 0.3) is 0 Å². The molecule has 3 rings (SSSR count). The molecule has 1 aromatic heterocycles. The topological polar surface area (TPSA) is 105 Å². The number of halogens is 1. The van der Waals surface area contributed by atoms with E-state index in [1.54, 1.807) is 19.1 Å². The number of benzene rings is 1. The highest BCUT2D eigenvalue weighted by Gasteiger charge is 2.30. The summed E-state index contributed by atoms with van der Waals surface area (Å²) in [7, 11) is 0. The average Bonchev–Trinajstić information content (AvgIpc) is 3.29. The summed E-state index contributed by atoms with van der Waals surface area (Å²) in [6.45, 7) is 1.64. The van der Waals surface area contributed by atoms with Crippen LogP contribution in [-0.2, 0) is 16.0 Å². The quantitative estimate of drug-likeness (QED) is 0.748. The first-order chi connectivity index (χ1) is 12.4. The lowest BCUT2D eigenvalue weighted by Crippen LogP contribution is -2.41. The normalized spacial score (nSPS) is 14.8. The highest BCUT2D eigenvalue weighted by atomic mass is 19.1. The third kappa shape index (κ3) is 4.65. The van der Waals surface area contributed by atoms with E-state index >= 15 is 0 Å². The summed E-state index contributed by atoms with van der Waals surface area (Å²) < 4.78 is 18.4. The smallest absolute Gasteiger partial charge is 0.326 e. The molecule has 138 valence electrons. The van der Waals surface area contributed by atoms with Gasteiger partial charge in [-0.2, -0.15) is 4.98 Å². The second kappa shape index (κ2) is 7.63. The SMILES string of the molecule is Cc1cc(-c2noc(CCC(=O)NC(CC3CC3)C(=O)O)n2)ccc1F. The van der Waals surface area contributed by atoms with Crippen LogP contribution in [0.15, 0.2) is 22.7 Å². The van der Waals surface area contributed by atoms with Crippen LogP contribution in [0, 0.1) is 18.7 Å². The van der Waals surface area contributed by atoms with Gasteiger partial charge in [-0.1, -0.05) is 18.0 Å². The maximum absolute atomic E-state index is 13.3. The summed E-state index contributed by atoms with van der Waals surface area (Å²) >= 11 is 0. The Hall–Kier alpha value is -2.77. The molecule has 7 nitrogen and oxygen atoms in total. The average molecular weight is 361 g/mol. The van der Waals surface area contributed by atoms with Crippen molar-refractivity contribution in [3.63, 3.8) is 0 Å². The Morgan fingerprint density at radius 1 is 1.42 bits per heavy atom. The van der Waals surface area contributed by atoms with Crippen LogP contribution in [0.2, 0.25) is 0 Å². The predicted octanol–water partition coefficient (Wildman–Crippen LogP) is 2.49. The van der Waals surface area contributed by atoms with Crippen molar-refractivity contribution < 1.29 is 23.6 Å². The molecule has 2 aromatic rings. The molecule has 0 saturated heterocycles. The second-order valence-electron chi connectivity index (χ2n) is 6.61. The number of aryl methyl sites for hydroxylation is 2. The van der Waals surface area contributed by atoms with Crippen LogP contribution in [0.3, 0.4) is 0 Å². The summed E-state index contributed by atoms with van der Waals surface area (Å²) in [5, 5.41) is 15.6. The number of hydrogen-bond acceptors (Lipinski definition) is 5. The van der Waals surface area contributed by atoms with E-state index in [9.17, 15) is 19.1 Å². The standard InChI is InChI=1S/C18H20FN3O4/c1-10-8-12(4-5-13(10)19)17-21-16(26-22-17)7-6-15(23)20-14(18(24)25)9-11-2-3-11/h4-5,8,11,14H,2-3,6-7,9H2,1H3,(H,20,23)(H,24,25). The van der Waals surface area contributed by atoms with Gasteiger partial charge in [-0.25, -0.2) is 9.18 Å². The largest absolute Gasteiger partial charge is 0.480 e. The molecule has 1 atom stereocenters. The Morgan fingerprint density at radius 2 is 2.19 bits per heavy atom. The summed E-state index contributed by atoms with van der Waals surface area (Å²) in [6.07, 6.45) is 2.77. The van der Waals surface area contributed by atoms with Gasteiger partial charge in [0.15, 0.2) is 0 Å². The van der Waals surface area contributed by atoms with Crippen LogP contribution in [0.25, 0.3) is 11.4 Å². The summed E-state index contributed by atoms with van der Waals surface area (Å²) in [5.41, 5.74) is 1.10. The van der Waals surface area contributed by atoms with Gasteiger partial charge < -0.3 is 14.9 Å².